The highest BCUT2D eigenvalue weighted by atomic mass is 16.5. The SMILES string of the molecule is Cc1cc(C(=O)O)nc(NCCCCOC(C)C)n1. The summed E-state index contributed by atoms with van der Waals surface area (Å²) in [5.41, 5.74) is 0.649. The van der Waals surface area contributed by atoms with Gasteiger partial charge in [-0.25, -0.2) is 14.8 Å². The van der Waals surface area contributed by atoms with Gasteiger partial charge in [-0.2, -0.15) is 0 Å². The van der Waals surface area contributed by atoms with Gasteiger partial charge in [0.1, 0.15) is 0 Å². The van der Waals surface area contributed by atoms with E-state index >= 15 is 0 Å². The Morgan fingerprint density at radius 1 is 1.42 bits per heavy atom. The van der Waals surface area contributed by atoms with Crippen LogP contribution in [0.2, 0.25) is 0 Å². The van der Waals surface area contributed by atoms with Crippen molar-refractivity contribution in [3.63, 3.8) is 0 Å². The number of carboxylic acid groups (broad SMARTS) is 1. The number of anilines is 1. The minimum atomic E-state index is -1.04. The summed E-state index contributed by atoms with van der Waals surface area (Å²) in [6.07, 6.45) is 2.13. The average molecular weight is 267 g/mol. The largest absolute Gasteiger partial charge is 0.477 e. The maximum atomic E-state index is 10.8. The molecular weight excluding hydrogens is 246 g/mol. The fourth-order valence-corrected chi connectivity index (χ4v) is 1.50. The smallest absolute Gasteiger partial charge is 0.354 e. The molecule has 1 rings (SSSR count). The lowest BCUT2D eigenvalue weighted by Gasteiger charge is -2.08. The minimum absolute atomic E-state index is 0.0122. The second kappa shape index (κ2) is 7.68. The van der Waals surface area contributed by atoms with Gasteiger partial charge < -0.3 is 15.2 Å². The second-order valence-electron chi connectivity index (χ2n) is 4.58. The number of carbonyl (C=O) groups is 1. The molecule has 0 amide bonds. The monoisotopic (exact) mass is 267 g/mol. The summed E-state index contributed by atoms with van der Waals surface area (Å²) in [5, 5.41) is 11.9. The molecule has 1 aromatic rings. The fraction of sp³-hybridized carbons (Fsp3) is 0.615. The van der Waals surface area contributed by atoms with Crippen molar-refractivity contribution in [3.05, 3.63) is 17.5 Å². The molecule has 0 saturated heterocycles. The summed E-state index contributed by atoms with van der Waals surface area (Å²) in [5.74, 6) is -0.680. The lowest BCUT2D eigenvalue weighted by atomic mass is 10.3. The quantitative estimate of drug-likeness (QED) is 0.702. The van der Waals surface area contributed by atoms with E-state index in [0.717, 1.165) is 19.4 Å². The number of carboxylic acids is 1. The third-order valence-corrected chi connectivity index (χ3v) is 2.38. The van der Waals surface area contributed by atoms with Crippen molar-refractivity contribution < 1.29 is 14.6 Å². The van der Waals surface area contributed by atoms with E-state index in [4.69, 9.17) is 9.84 Å². The van der Waals surface area contributed by atoms with Gasteiger partial charge in [0.2, 0.25) is 5.95 Å². The van der Waals surface area contributed by atoms with Crippen molar-refractivity contribution in [1.82, 2.24) is 9.97 Å². The third-order valence-electron chi connectivity index (χ3n) is 2.38. The Morgan fingerprint density at radius 2 is 2.16 bits per heavy atom. The molecular formula is C13H21N3O3. The summed E-state index contributed by atoms with van der Waals surface area (Å²) in [7, 11) is 0. The van der Waals surface area contributed by atoms with E-state index in [-0.39, 0.29) is 11.8 Å². The van der Waals surface area contributed by atoms with Gasteiger partial charge in [-0.1, -0.05) is 0 Å². The van der Waals surface area contributed by atoms with Crippen LogP contribution < -0.4 is 5.32 Å². The molecule has 0 aromatic carbocycles. The van der Waals surface area contributed by atoms with Crippen LogP contribution in [0.5, 0.6) is 0 Å². The van der Waals surface area contributed by atoms with E-state index in [1.54, 1.807) is 6.92 Å². The molecule has 6 heteroatoms. The number of aryl methyl sites for hydroxylation is 1. The molecule has 1 heterocycles. The molecule has 0 aliphatic heterocycles. The van der Waals surface area contributed by atoms with Gasteiger partial charge >= 0.3 is 5.97 Å². The summed E-state index contributed by atoms with van der Waals surface area (Å²) in [6, 6.07) is 1.45. The molecule has 0 aliphatic carbocycles. The van der Waals surface area contributed by atoms with Gasteiger partial charge in [0.15, 0.2) is 5.69 Å². The fourth-order valence-electron chi connectivity index (χ4n) is 1.50. The van der Waals surface area contributed by atoms with Crippen LogP contribution in [0.25, 0.3) is 0 Å². The molecule has 2 N–H and O–H groups in total. The van der Waals surface area contributed by atoms with E-state index in [2.05, 4.69) is 15.3 Å². The second-order valence-corrected chi connectivity index (χ2v) is 4.58. The zero-order valence-electron chi connectivity index (χ0n) is 11.6. The summed E-state index contributed by atoms with van der Waals surface area (Å²) in [6.45, 7) is 7.19. The number of aromatic nitrogens is 2. The zero-order valence-corrected chi connectivity index (χ0v) is 11.6. The molecule has 0 aliphatic rings. The van der Waals surface area contributed by atoms with Crippen LogP contribution in [0.15, 0.2) is 6.07 Å². The van der Waals surface area contributed by atoms with Gasteiger partial charge in [0, 0.05) is 18.8 Å². The maximum absolute atomic E-state index is 10.8. The Labute approximate surface area is 113 Å². The van der Waals surface area contributed by atoms with E-state index in [1.807, 2.05) is 13.8 Å². The van der Waals surface area contributed by atoms with Gasteiger partial charge in [0.25, 0.3) is 0 Å². The average Bonchev–Trinajstić information content (AvgIpc) is 2.32. The lowest BCUT2D eigenvalue weighted by Crippen LogP contribution is -2.11. The van der Waals surface area contributed by atoms with Crippen LogP contribution in [0.1, 0.15) is 42.9 Å². The molecule has 0 atom stereocenters. The number of unbranched alkanes of at least 4 members (excludes halogenated alkanes) is 1. The highest BCUT2D eigenvalue weighted by Gasteiger charge is 2.07. The van der Waals surface area contributed by atoms with Crippen molar-refractivity contribution in [3.8, 4) is 0 Å². The molecule has 0 fully saturated rings. The summed E-state index contributed by atoms with van der Waals surface area (Å²) >= 11 is 0. The Balaban J connectivity index is 2.35. The van der Waals surface area contributed by atoms with Gasteiger partial charge in [-0.3, -0.25) is 0 Å². The number of hydrogen-bond acceptors (Lipinski definition) is 5. The van der Waals surface area contributed by atoms with Crippen LogP contribution >= 0.6 is 0 Å². The molecule has 106 valence electrons. The predicted octanol–water partition coefficient (Wildman–Crippen LogP) is 2.10. The van der Waals surface area contributed by atoms with Crippen molar-refractivity contribution in [2.45, 2.75) is 39.7 Å². The first kappa shape index (κ1) is 15.4. The van der Waals surface area contributed by atoms with E-state index in [1.165, 1.54) is 6.07 Å². The number of ether oxygens (including phenoxy) is 1. The van der Waals surface area contributed by atoms with Crippen LogP contribution in [0.3, 0.4) is 0 Å². The predicted molar refractivity (Wildman–Crippen MR) is 72.5 cm³/mol. The Hall–Kier alpha value is -1.69. The normalized spacial score (nSPS) is 10.7. The first-order valence-electron chi connectivity index (χ1n) is 6.43. The Bertz CT molecular complexity index is 422. The van der Waals surface area contributed by atoms with Crippen LogP contribution in [0, 0.1) is 6.92 Å². The first-order chi connectivity index (χ1) is 8.99. The van der Waals surface area contributed by atoms with Crippen molar-refractivity contribution in [2.24, 2.45) is 0 Å². The van der Waals surface area contributed by atoms with Gasteiger partial charge in [-0.05, 0) is 39.7 Å². The molecule has 0 radical (unpaired) electrons. The molecule has 1 aromatic heterocycles. The number of nitrogens with zero attached hydrogens (tertiary/aromatic N) is 2. The molecule has 0 bridgehead atoms. The highest BCUT2D eigenvalue weighted by molar-refractivity contribution is 5.85. The van der Waals surface area contributed by atoms with E-state index < -0.39 is 5.97 Å². The first-order valence-corrected chi connectivity index (χ1v) is 6.43. The molecule has 0 unspecified atom stereocenters. The van der Waals surface area contributed by atoms with Crippen molar-refractivity contribution in [2.75, 3.05) is 18.5 Å². The summed E-state index contributed by atoms with van der Waals surface area (Å²) in [4.78, 5) is 18.9. The number of rotatable bonds is 8. The van der Waals surface area contributed by atoms with E-state index in [9.17, 15) is 4.79 Å². The maximum Gasteiger partial charge on any atom is 0.354 e. The number of hydrogen-bond donors (Lipinski definition) is 2. The molecule has 0 spiro atoms. The van der Waals surface area contributed by atoms with Crippen LogP contribution in [0.4, 0.5) is 5.95 Å². The van der Waals surface area contributed by atoms with Crippen molar-refractivity contribution in [1.29, 1.82) is 0 Å². The van der Waals surface area contributed by atoms with Gasteiger partial charge in [0.05, 0.1) is 6.10 Å². The van der Waals surface area contributed by atoms with Crippen LogP contribution in [-0.4, -0.2) is 40.3 Å². The van der Waals surface area contributed by atoms with Crippen molar-refractivity contribution >= 4 is 11.9 Å². The van der Waals surface area contributed by atoms with Crippen LogP contribution in [-0.2, 0) is 4.74 Å². The lowest BCUT2D eigenvalue weighted by molar-refractivity contribution is 0.0690. The minimum Gasteiger partial charge on any atom is -0.477 e. The molecule has 0 saturated carbocycles. The van der Waals surface area contributed by atoms with Gasteiger partial charge in [-0.15, -0.1) is 0 Å². The van der Waals surface area contributed by atoms with E-state index in [0.29, 0.717) is 18.2 Å². The summed E-state index contributed by atoms with van der Waals surface area (Å²) < 4.78 is 5.43. The Kier molecular flexibility index (Phi) is 6.21. The molecule has 19 heavy (non-hydrogen) atoms. The number of aromatic carboxylic acids is 1. The number of nitrogens with one attached hydrogen (secondary N) is 1. The third kappa shape index (κ3) is 6.15. The zero-order chi connectivity index (χ0) is 14.3. The standard InChI is InChI=1S/C13H21N3O3/c1-9(2)19-7-5-4-6-14-13-15-10(3)8-11(16-13)12(17)18/h8-9H,4-7H2,1-3H3,(H,17,18)(H,14,15,16). The highest BCUT2D eigenvalue weighted by Crippen LogP contribution is 2.05. The molecule has 6 nitrogen and oxygen atoms in total. The Morgan fingerprint density at radius 3 is 2.79 bits per heavy atom. The topological polar surface area (TPSA) is 84.3 Å².